The lowest BCUT2D eigenvalue weighted by atomic mass is 10.0. The third-order valence-corrected chi connectivity index (χ3v) is 3.74. The summed E-state index contributed by atoms with van der Waals surface area (Å²) in [6.45, 7) is 0. The molecule has 0 aliphatic rings. The zero-order chi connectivity index (χ0) is 15.2. The zero-order valence-corrected chi connectivity index (χ0v) is 11.6. The van der Waals surface area contributed by atoms with Crippen LogP contribution in [0.5, 0.6) is 0 Å². The van der Waals surface area contributed by atoms with Crippen LogP contribution in [0.15, 0.2) is 58.3 Å². The monoisotopic (exact) mass is 295 g/mol. The largest absolute Gasteiger partial charge is 0.275 e. The maximum atomic E-state index is 11.0. The Bertz CT molecular complexity index is 734. The van der Waals surface area contributed by atoms with Crippen LogP contribution in [0.4, 0.5) is 5.69 Å². The summed E-state index contributed by atoms with van der Waals surface area (Å²) in [4.78, 5) is 12.2. The van der Waals surface area contributed by atoms with Crippen LogP contribution in [0.2, 0.25) is 0 Å². The second kappa shape index (κ2) is 6.56. The van der Waals surface area contributed by atoms with Gasteiger partial charge in [-0.1, -0.05) is 30.0 Å². The van der Waals surface area contributed by atoms with E-state index in [0.29, 0.717) is 0 Å². The van der Waals surface area contributed by atoms with Gasteiger partial charge >= 0.3 is 0 Å². The van der Waals surface area contributed by atoms with Gasteiger partial charge in [-0.15, -0.1) is 0 Å². The molecule has 0 aliphatic heterocycles. The average molecular weight is 295 g/mol. The lowest BCUT2D eigenvalue weighted by Crippen LogP contribution is -1.99. The molecule has 0 radical (unpaired) electrons. The lowest BCUT2D eigenvalue weighted by Gasteiger charge is -2.06. The molecule has 0 unspecified atom stereocenters. The van der Waals surface area contributed by atoms with E-state index in [1.54, 1.807) is 18.2 Å². The lowest BCUT2D eigenvalue weighted by molar-refractivity contribution is -0.385. The van der Waals surface area contributed by atoms with Crippen molar-refractivity contribution in [3.8, 4) is 12.1 Å². The SMILES string of the molecule is N#CC(C#N)c1cc(Sc2ccccc2)ccc1[N+](=O)[O-]. The second-order valence-electron chi connectivity index (χ2n) is 4.08. The topological polar surface area (TPSA) is 90.7 Å². The van der Waals surface area contributed by atoms with E-state index in [2.05, 4.69) is 0 Å². The predicted molar refractivity (Wildman–Crippen MR) is 77.6 cm³/mol. The Morgan fingerprint density at radius 3 is 2.29 bits per heavy atom. The minimum absolute atomic E-state index is 0.130. The Hall–Kier alpha value is -2.83. The molecular weight excluding hydrogens is 286 g/mol. The van der Waals surface area contributed by atoms with Gasteiger partial charge in [-0.05, 0) is 24.3 Å². The Morgan fingerprint density at radius 2 is 1.71 bits per heavy atom. The molecule has 0 spiro atoms. The van der Waals surface area contributed by atoms with Crippen molar-refractivity contribution in [2.45, 2.75) is 15.7 Å². The van der Waals surface area contributed by atoms with E-state index >= 15 is 0 Å². The molecule has 0 aliphatic carbocycles. The highest BCUT2D eigenvalue weighted by atomic mass is 32.2. The first kappa shape index (κ1) is 14.6. The maximum Gasteiger partial charge on any atom is 0.275 e. The Morgan fingerprint density at radius 1 is 1.05 bits per heavy atom. The van der Waals surface area contributed by atoms with Crippen LogP contribution in [0, 0.1) is 32.8 Å². The standard InChI is InChI=1S/C15H9N3O2S/c16-9-11(10-17)14-8-13(6-7-15(14)18(19)20)21-12-4-2-1-3-5-12/h1-8,11H. The summed E-state index contributed by atoms with van der Waals surface area (Å²) in [6.07, 6.45) is 0. The zero-order valence-electron chi connectivity index (χ0n) is 10.8. The van der Waals surface area contributed by atoms with Crippen molar-refractivity contribution < 1.29 is 4.92 Å². The van der Waals surface area contributed by atoms with Gasteiger partial charge in [0.05, 0.1) is 22.6 Å². The Kier molecular flexibility index (Phi) is 4.55. The summed E-state index contributed by atoms with van der Waals surface area (Å²) in [5.41, 5.74) is -0.0774. The summed E-state index contributed by atoms with van der Waals surface area (Å²) in [5.74, 6) is -1.15. The number of hydrogen-bond acceptors (Lipinski definition) is 5. The second-order valence-corrected chi connectivity index (χ2v) is 5.23. The fourth-order valence-corrected chi connectivity index (χ4v) is 2.67. The quantitative estimate of drug-likeness (QED) is 0.630. The van der Waals surface area contributed by atoms with Crippen LogP contribution in [-0.4, -0.2) is 4.92 Å². The number of benzene rings is 2. The van der Waals surface area contributed by atoms with Gasteiger partial charge in [0.15, 0.2) is 5.92 Å². The third-order valence-electron chi connectivity index (χ3n) is 2.74. The molecule has 0 bridgehead atoms. The minimum Gasteiger partial charge on any atom is -0.258 e. The smallest absolute Gasteiger partial charge is 0.258 e. The summed E-state index contributed by atoms with van der Waals surface area (Å²) < 4.78 is 0. The van der Waals surface area contributed by atoms with Gasteiger partial charge in [-0.3, -0.25) is 10.1 Å². The molecule has 0 heterocycles. The van der Waals surface area contributed by atoms with E-state index in [0.717, 1.165) is 9.79 Å². The van der Waals surface area contributed by atoms with Crippen molar-refractivity contribution in [1.29, 1.82) is 10.5 Å². The fraction of sp³-hybridized carbons (Fsp3) is 0.0667. The van der Waals surface area contributed by atoms with Crippen LogP contribution in [0.3, 0.4) is 0 Å². The van der Waals surface area contributed by atoms with Gasteiger partial charge in [0.2, 0.25) is 0 Å². The molecule has 5 nitrogen and oxygen atoms in total. The molecule has 0 N–H and O–H groups in total. The molecule has 0 aromatic heterocycles. The number of rotatable bonds is 4. The summed E-state index contributed by atoms with van der Waals surface area (Å²) >= 11 is 1.42. The fourth-order valence-electron chi connectivity index (χ4n) is 1.79. The van der Waals surface area contributed by atoms with Crippen LogP contribution in [0.25, 0.3) is 0 Å². The molecule has 6 heteroatoms. The maximum absolute atomic E-state index is 11.0. The predicted octanol–water partition coefficient (Wildman–Crippen LogP) is 3.88. The van der Waals surface area contributed by atoms with Gasteiger partial charge < -0.3 is 0 Å². The summed E-state index contributed by atoms with van der Waals surface area (Å²) in [6, 6.07) is 17.6. The summed E-state index contributed by atoms with van der Waals surface area (Å²) in [7, 11) is 0. The summed E-state index contributed by atoms with van der Waals surface area (Å²) in [5, 5.41) is 28.9. The van der Waals surface area contributed by atoms with Gasteiger partial charge in [0, 0.05) is 15.9 Å². The van der Waals surface area contributed by atoms with Crippen molar-refractivity contribution >= 4 is 17.4 Å². The van der Waals surface area contributed by atoms with Crippen LogP contribution in [-0.2, 0) is 0 Å². The highest BCUT2D eigenvalue weighted by molar-refractivity contribution is 7.99. The first-order valence-corrected chi connectivity index (χ1v) is 6.78. The van der Waals surface area contributed by atoms with Crippen molar-refractivity contribution in [3.05, 3.63) is 64.2 Å². The van der Waals surface area contributed by atoms with Gasteiger partial charge in [-0.2, -0.15) is 10.5 Å². The van der Waals surface area contributed by atoms with Crippen LogP contribution < -0.4 is 0 Å². The Balaban J connectivity index is 2.43. The molecule has 0 atom stereocenters. The molecule has 21 heavy (non-hydrogen) atoms. The van der Waals surface area contributed by atoms with Crippen molar-refractivity contribution in [2.24, 2.45) is 0 Å². The molecule has 102 valence electrons. The molecule has 0 saturated carbocycles. The minimum atomic E-state index is -1.15. The highest BCUT2D eigenvalue weighted by Gasteiger charge is 2.22. The van der Waals surface area contributed by atoms with Gasteiger partial charge in [-0.25, -0.2) is 0 Å². The molecule has 2 aromatic rings. The highest BCUT2D eigenvalue weighted by Crippen LogP contribution is 2.34. The van der Waals surface area contributed by atoms with Crippen molar-refractivity contribution in [1.82, 2.24) is 0 Å². The average Bonchev–Trinajstić information content (AvgIpc) is 2.49. The van der Waals surface area contributed by atoms with E-state index in [1.807, 2.05) is 30.3 Å². The first-order valence-electron chi connectivity index (χ1n) is 5.96. The van der Waals surface area contributed by atoms with E-state index in [4.69, 9.17) is 10.5 Å². The van der Waals surface area contributed by atoms with E-state index in [9.17, 15) is 10.1 Å². The van der Waals surface area contributed by atoms with Crippen molar-refractivity contribution in [3.63, 3.8) is 0 Å². The third kappa shape index (κ3) is 3.38. The molecule has 0 amide bonds. The van der Waals surface area contributed by atoms with Gasteiger partial charge in [0.1, 0.15) is 0 Å². The van der Waals surface area contributed by atoms with Crippen molar-refractivity contribution in [2.75, 3.05) is 0 Å². The van der Waals surface area contributed by atoms with Crippen LogP contribution in [0.1, 0.15) is 11.5 Å². The first-order chi connectivity index (χ1) is 10.2. The number of nitro groups is 1. The number of nitriles is 2. The molecule has 2 aromatic carbocycles. The molecular formula is C15H9N3O2S. The van der Waals surface area contributed by atoms with E-state index in [-0.39, 0.29) is 11.3 Å². The number of nitrogens with zero attached hydrogens (tertiary/aromatic N) is 3. The number of nitro benzene ring substituents is 1. The van der Waals surface area contributed by atoms with E-state index < -0.39 is 10.8 Å². The van der Waals surface area contributed by atoms with E-state index in [1.165, 1.54) is 23.9 Å². The molecule has 0 saturated heterocycles. The normalized spacial score (nSPS) is 9.86. The Labute approximate surface area is 125 Å². The molecule has 0 fully saturated rings. The number of hydrogen-bond donors (Lipinski definition) is 0. The van der Waals surface area contributed by atoms with Gasteiger partial charge in [0.25, 0.3) is 5.69 Å². The van der Waals surface area contributed by atoms with Crippen LogP contribution >= 0.6 is 11.8 Å². The molecule has 2 rings (SSSR count).